The maximum Gasteiger partial charge on any atom is 0.224 e. The highest BCUT2D eigenvalue weighted by Crippen LogP contribution is 2.15. The van der Waals surface area contributed by atoms with Gasteiger partial charge in [0.2, 0.25) is 5.91 Å². The molecule has 98 valence electrons. The molecule has 0 fully saturated rings. The summed E-state index contributed by atoms with van der Waals surface area (Å²) in [5.74, 6) is 0.114. The second-order valence-electron chi connectivity index (χ2n) is 4.22. The van der Waals surface area contributed by atoms with Crippen molar-refractivity contribution in [3.05, 3.63) is 59.1 Å². The van der Waals surface area contributed by atoms with Crippen LogP contribution in [0.25, 0.3) is 0 Å². The number of amides is 1. The lowest BCUT2D eigenvalue weighted by atomic mass is 10.1. The Bertz CT molecular complexity index is 567. The molecular formula is C15H14ClNO2. The number of aryl methyl sites for hydroxylation is 1. The molecule has 0 radical (unpaired) electrons. The molecule has 1 amide bonds. The third-order valence-corrected chi connectivity index (χ3v) is 2.92. The highest BCUT2D eigenvalue weighted by molar-refractivity contribution is 6.30. The van der Waals surface area contributed by atoms with Crippen LogP contribution in [0.5, 0.6) is 5.75 Å². The highest BCUT2D eigenvalue weighted by Gasteiger charge is 2.03. The number of aromatic hydroxyl groups is 1. The fraction of sp³-hybridized carbons (Fsp3) is 0.133. The molecule has 4 heteroatoms. The number of hydrogen-bond donors (Lipinski definition) is 2. The van der Waals surface area contributed by atoms with E-state index in [2.05, 4.69) is 5.32 Å². The minimum Gasteiger partial charge on any atom is -0.508 e. The molecule has 3 nitrogen and oxygen atoms in total. The van der Waals surface area contributed by atoms with E-state index in [0.29, 0.717) is 23.6 Å². The Hall–Kier alpha value is -2.00. The molecular weight excluding hydrogens is 262 g/mol. The van der Waals surface area contributed by atoms with Crippen molar-refractivity contribution in [2.75, 3.05) is 5.32 Å². The fourth-order valence-electron chi connectivity index (χ4n) is 1.72. The fourth-order valence-corrected chi connectivity index (χ4v) is 1.93. The van der Waals surface area contributed by atoms with Crippen LogP contribution in [-0.2, 0) is 11.2 Å². The number of anilines is 1. The van der Waals surface area contributed by atoms with Gasteiger partial charge in [0.05, 0.1) is 0 Å². The summed E-state index contributed by atoms with van der Waals surface area (Å²) in [6, 6.07) is 13.9. The molecule has 2 aromatic carbocycles. The molecule has 0 bridgehead atoms. The van der Waals surface area contributed by atoms with Crippen LogP contribution in [-0.4, -0.2) is 11.0 Å². The molecule has 2 rings (SSSR count). The zero-order valence-electron chi connectivity index (χ0n) is 10.3. The topological polar surface area (TPSA) is 49.3 Å². The summed E-state index contributed by atoms with van der Waals surface area (Å²) in [7, 11) is 0. The zero-order valence-corrected chi connectivity index (χ0v) is 11.0. The maximum absolute atomic E-state index is 11.7. The largest absolute Gasteiger partial charge is 0.508 e. The van der Waals surface area contributed by atoms with Crippen molar-refractivity contribution in [1.29, 1.82) is 0 Å². The molecule has 0 aliphatic heterocycles. The summed E-state index contributed by atoms with van der Waals surface area (Å²) in [4.78, 5) is 11.7. The van der Waals surface area contributed by atoms with Gasteiger partial charge in [-0.3, -0.25) is 4.79 Å². The number of nitrogens with one attached hydrogen (secondary N) is 1. The van der Waals surface area contributed by atoms with E-state index in [1.807, 2.05) is 24.3 Å². The van der Waals surface area contributed by atoms with Gasteiger partial charge in [0.1, 0.15) is 5.75 Å². The first kappa shape index (κ1) is 13.4. The van der Waals surface area contributed by atoms with Crippen molar-refractivity contribution in [1.82, 2.24) is 0 Å². The summed E-state index contributed by atoms with van der Waals surface area (Å²) in [6.45, 7) is 0. The first-order chi connectivity index (χ1) is 9.13. The third-order valence-electron chi connectivity index (χ3n) is 2.68. The molecule has 0 unspecified atom stereocenters. The average Bonchev–Trinajstić information content (AvgIpc) is 2.39. The van der Waals surface area contributed by atoms with E-state index in [1.165, 1.54) is 12.1 Å². The monoisotopic (exact) mass is 275 g/mol. The predicted octanol–water partition coefficient (Wildman–Crippen LogP) is 3.62. The number of phenols is 1. The van der Waals surface area contributed by atoms with Crippen LogP contribution in [0.2, 0.25) is 5.02 Å². The third kappa shape index (κ3) is 4.30. The highest BCUT2D eigenvalue weighted by atomic mass is 35.5. The molecule has 2 aromatic rings. The molecule has 0 heterocycles. The summed E-state index contributed by atoms with van der Waals surface area (Å²) < 4.78 is 0. The SMILES string of the molecule is O=C(CCc1cccc(Cl)c1)Nc1ccc(O)cc1. The van der Waals surface area contributed by atoms with Crippen LogP contribution in [0, 0.1) is 0 Å². The van der Waals surface area contributed by atoms with Crippen LogP contribution < -0.4 is 5.32 Å². The molecule has 0 saturated heterocycles. The van der Waals surface area contributed by atoms with Crippen LogP contribution >= 0.6 is 11.6 Å². The molecule has 0 atom stereocenters. The molecule has 0 aliphatic rings. The Labute approximate surface area is 116 Å². The Morgan fingerprint density at radius 2 is 1.89 bits per heavy atom. The van der Waals surface area contributed by atoms with Gasteiger partial charge in [-0.25, -0.2) is 0 Å². The van der Waals surface area contributed by atoms with E-state index in [1.54, 1.807) is 12.1 Å². The molecule has 0 aromatic heterocycles. The number of hydrogen-bond acceptors (Lipinski definition) is 2. The Morgan fingerprint density at radius 3 is 2.58 bits per heavy atom. The first-order valence-corrected chi connectivity index (χ1v) is 6.34. The van der Waals surface area contributed by atoms with E-state index in [0.717, 1.165) is 5.56 Å². The van der Waals surface area contributed by atoms with Gasteiger partial charge in [-0.15, -0.1) is 0 Å². The maximum atomic E-state index is 11.7. The number of benzene rings is 2. The lowest BCUT2D eigenvalue weighted by molar-refractivity contribution is -0.116. The van der Waals surface area contributed by atoms with E-state index in [4.69, 9.17) is 16.7 Å². The van der Waals surface area contributed by atoms with E-state index >= 15 is 0 Å². The molecule has 19 heavy (non-hydrogen) atoms. The van der Waals surface area contributed by atoms with Crippen molar-refractivity contribution in [3.63, 3.8) is 0 Å². The normalized spacial score (nSPS) is 10.2. The van der Waals surface area contributed by atoms with Gasteiger partial charge < -0.3 is 10.4 Å². The summed E-state index contributed by atoms with van der Waals surface area (Å²) >= 11 is 5.88. The standard InChI is InChI=1S/C15H14ClNO2/c16-12-3-1-2-11(10-12)4-9-15(19)17-13-5-7-14(18)8-6-13/h1-3,5-8,10,18H,4,9H2,(H,17,19). The minimum absolute atomic E-state index is 0.0642. The number of halogens is 1. The number of phenolic OH excluding ortho intramolecular Hbond substituents is 1. The van der Waals surface area contributed by atoms with Crippen LogP contribution in [0.15, 0.2) is 48.5 Å². The smallest absolute Gasteiger partial charge is 0.224 e. The predicted molar refractivity (Wildman–Crippen MR) is 76.5 cm³/mol. The minimum atomic E-state index is -0.0642. The second kappa shape index (κ2) is 6.25. The van der Waals surface area contributed by atoms with Gasteiger partial charge in [-0.05, 0) is 48.4 Å². The Morgan fingerprint density at radius 1 is 1.16 bits per heavy atom. The van der Waals surface area contributed by atoms with Gasteiger partial charge in [0, 0.05) is 17.1 Å². The van der Waals surface area contributed by atoms with E-state index < -0.39 is 0 Å². The average molecular weight is 276 g/mol. The number of carbonyl (C=O) groups is 1. The molecule has 0 spiro atoms. The zero-order chi connectivity index (χ0) is 13.7. The van der Waals surface area contributed by atoms with E-state index in [-0.39, 0.29) is 11.7 Å². The van der Waals surface area contributed by atoms with Crippen molar-refractivity contribution in [2.24, 2.45) is 0 Å². The van der Waals surface area contributed by atoms with Gasteiger partial charge in [0.25, 0.3) is 0 Å². The summed E-state index contributed by atoms with van der Waals surface area (Å²) in [5, 5.41) is 12.6. The van der Waals surface area contributed by atoms with Gasteiger partial charge >= 0.3 is 0 Å². The van der Waals surface area contributed by atoms with Gasteiger partial charge in [-0.2, -0.15) is 0 Å². The van der Waals surface area contributed by atoms with Crippen LogP contribution in [0.1, 0.15) is 12.0 Å². The number of rotatable bonds is 4. The lowest BCUT2D eigenvalue weighted by Crippen LogP contribution is -2.12. The van der Waals surface area contributed by atoms with Crippen molar-refractivity contribution < 1.29 is 9.90 Å². The summed E-state index contributed by atoms with van der Waals surface area (Å²) in [6.07, 6.45) is 1.03. The van der Waals surface area contributed by atoms with Gasteiger partial charge in [-0.1, -0.05) is 23.7 Å². The van der Waals surface area contributed by atoms with Crippen LogP contribution in [0.4, 0.5) is 5.69 Å². The molecule has 0 saturated carbocycles. The lowest BCUT2D eigenvalue weighted by Gasteiger charge is -2.05. The quantitative estimate of drug-likeness (QED) is 0.838. The van der Waals surface area contributed by atoms with Crippen molar-refractivity contribution in [3.8, 4) is 5.75 Å². The van der Waals surface area contributed by atoms with Crippen molar-refractivity contribution in [2.45, 2.75) is 12.8 Å². The Balaban J connectivity index is 1.86. The Kier molecular flexibility index (Phi) is 4.42. The van der Waals surface area contributed by atoms with Gasteiger partial charge in [0.15, 0.2) is 0 Å². The molecule has 2 N–H and O–H groups in total. The van der Waals surface area contributed by atoms with Crippen molar-refractivity contribution >= 4 is 23.2 Å². The molecule has 0 aliphatic carbocycles. The number of carbonyl (C=O) groups excluding carboxylic acids is 1. The first-order valence-electron chi connectivity index (χ1n) is 5.97. The second-order valence-corrected chi connectivity index (χ2v) is 4.66. The van der Waals surface area contributed by atoms with E-state index in [9.17, 15) is 4.79 Å². The van der Waals surface area contributed by atoms with Crippen LogP contribution in [0.3, 0.4) is 0 Å². The summed E-state index contributed by atoms with van der Waals surface area (Å²) in [5.41, 5.74) is 1.71.